The first kappa shape index (κ1) is 20.2. The molecule has 1 saturated heterocycles. The van der Waals surface area contributed by atoms with E-state index < -0.39 is 0 Å². The normalized spacial score (nSPS) is 19.2. The highest BCUT2D eigenvalue weighted by atomic mass is 16.2. The Balaban J connectivity index is 1.08. The van der Waals surface area contributed by atoms with Crippen LogP contribution in [0.4, 0.5) is 0 Å². The number of benzene rings is 1. The van der Waals surface area contributed by atoms with Gasteiger partial charge in [-0.15, -0.1) is 0 Å². The molecule has 162 valence electrons. The molecule has 0 radical (unpaired) electrons. The molecule has 1 N–H and O–H groups in total. The van der Waals surface area contributed by atoms with Crippen molar-refractivity contribution in [3.05, 3.63) is 72.2 Å². The van der Waals surface area contributed by atoms with Crippen LogP contribution in [0.1, 0.15) is 30.5 Å². The number of amides is 1. The molecule has 0 bridgehead atoms. The van der Waals surface area contributed by atoms with Crippen LogP contribution in [0.15, 0.2) is 60.9 Å². The van der Waals surface area contributed by atoms with Crippen molar-refractivity contribution in [3.8, 4) is 0 Å². The molecule has 2 aliphatic rings. The highest BCUT2D eigenvalue weighted by Crippen LogP contribution is 2.43. The number of hydrogen-bond donors (Lipinski definition) is 1. The van der Waals surface area contributed by atoms with E-state index in [1.54, 1.807) is 0 Å². The Morgan fingerprint density at radius 2 is 1.71 bits per heavy atom. The number of carbonyl (C=O) groups excluding carboxylic acids is 1. The molecule has 6 heteroatoms. The lowest BCUT2D eigenvalue weighted by molar-refractivity contribution is -0.123. The summed E-state index contributed by atoms with van der Waals surface area (Å²) in [6.45, 7) is 5.89. The van der Waals surface area contributed by atoms with Crippen molar-refractivity contribution in [2.45, 2.75) is 31.2 Å². The summed E-state index contributed by atoms with van der Waals surface area (Å²) >= 11 is 0. The van der Waals surface area contributed by atoms with Crippen LogP contribution in [-0.2, 0) is 16.8 Å². The van der Waals surface area contributed by atoms with E-state index in [0.29, 0.717) is 6.54 Å². The molecule has 5 rings (SSSR count). The highest BCUT2D eigenvalue weighted by Gasteiger charge is 2.38. The third-order valence-electron chi connectivity index (χ3n) is 6.95. The Morgan fingerprint density at radius 3 is 2.42 bits per heavy atom. The summed E-state index contributed by atoms with van der Waals surface area (Å²) in [5, 5.41) is 3.23. The first-order valence-electron chi connectivity index (χ1n) is 11.4. The van der Waals surface area contributed by atoms with Crippen LogP contribution in [-0.4, -0.2) is 64.4 Å². The smallest absolute Gasteiger partial charge is 0.234 e. The summed E-state index contributed by atoms with van der Waals surface area (Å²) in [5.74, 6) is 0.149. The molecule has 1 saturated carbocycles. The molecule has 3 heterocycles. The first-order chi connectivity index (χ1) is 15.2. The second kappa shape index (κ2) is 8.81. The van der Waals surface area contributed by atoms with E-state index in [1.165, 1.54) is 24.8 Å². The monoisotopic (exact) mass is 417 g/mol. The summed E-state index contributed by atoms with van der Waals surface area (Å²) in [6.07, 6.45) is 7.73. The van der Waals surface area contributed by atoms with Gasteiger partial charge in [-0.1, -0.05) is 42.8 Å². The maximum atomic E-state index is 12.6. The van der Waals surface area contributed by atoms with E-state index in [4.69, 9.17) is 4.98 Å². The van der Waals surface area contributed by atoms with Gasteiger partial charge >= 0.3 is 0 Å². The Hall–Kier alpha value is -2.70. The van der Waals surface area contributed by atoms with E-state index in [-0.39, 0.29) is 11.3 Å². The zero-order chi connectivity index (χ0) is 21.1. The number of rotatable bonds is 7. The average Bonchev–Trinajstić information content (AvgIpc) is 3.17. The largest absolute Gasteiger partial charge is 0.354 e. The van der Waals surface area contributed by atoms with E-state index in [9.17, 15) is 4.79 Å². The fraction of sp³-hybridized carbons (Fsp3) is 0.440. The molecular formula is C25H31N5O. The zero-order valence-corrected chi connectivity index (χ0v) is 18.0. The third-order valence-corrected chi connectivity index (χ3v) is 6.95. The topological polar surface area (TPSA) is 52.9 Å². The number of carbonyl (C=O) groups is 1. The van der Waals surface area contributed by atoms with Crippen molar-refractivity contribution in [3.63, 3.8) is 0 Å². The number of aromatic nitrogens is 2. The van der Waals surface area contributed by atoms with Gasteiger partial charge in [-0.25, -0.2) is 4.98 Å². The van der Waals surface area contributed by atoms with Gasteiger partial charge in [0, 0.05) is 57.1 Å². The molecule has 1 aliphatic carbocycles. The van der Waals surface area contributed by atoms with Crippen LogP contribution in [0, 0.1) is 0 Å². The van der Waals surface area contributed by atoms with Gasteiger partial charge in [0.1, 0.15) is 5.65 Å². The summed E-state index contributed by atoms with van der Waals surface area (Å²) < 4.78 is 2.07. The van der Waals surface area contributed by atoms with Gasteiger partial charge in [0.25, 0.3) is 0 Å². The van der Waals surface area contributed by atoms with E-state index >= 15 is 0 Å². The van der Waals surface area contributed by atoms with Crippen molar-refractivity contribution in [2.75, 3.05) is 39.3 Å². The minimum absolute atomic E-state index is 0.143. The van der Waals surface area contributed by atoms with Crippen LogP contribution >= 0.6 is 0 Å². The number of nitrogens with zero attached hydrogens (tertiary/aromatic N) is 4. The quantitative estimate of drug-likeness (QED) is 0.642. The lowest BCUT2D eigenvalue weighted by Crippen LogP contribution is -2.51. The Labute approximate surface area is 183 Å². The first-order valence-corrected chi connectivity index (χ1v) is 11.4. The summed E-state index contributed by atoms with van der Waals surface area (Å²) in [5.41, 5.74) is 3.60. The minimum Gasteiger partial charge on any atom is -0.354 e. The summed E-state index contributed by atoms with van der Waals surface area (Å²) in [7, 11) is 0. The van der Waals surface area contributed by atoms with Crippen LogP contribution < -0.4 is 5.32 Å². The maximum absolute atomic E-state index is 12.6. The Kier molecular flexibility index (Phi) is 5.74. The molecular weight excluding hydrogens is 386 g/mol. The van der Waals surface area contributed by atoms with Crippen molar-refractivity contribution < 1.29 is 4.79 Å². The average molecular weight is 418 g/mol. The molecule has 0 spiro atoms. The van der Waals surface area contributed by atoms with Gasteiger partial charge in [-0.05, 0) is 30.5 Å². The number of hydrogen-bond acceptors (Lipinski definition) is 4. The second-order valence-corrected chi connectivity index (χ2v) is 9.03. The van der Waals surface area contributed by atoms with Crippen molar-refractivity contribution in [1.82, 2.24) is 24.5 Å². The van der Waals surface area contributed by atoms with Gasteiger partial charge in [0.15, 0.2) is 0 Å². The predicted octanol–water partition coefficient (Wildman–Crippen LogP) is 2.69. The number of piperazine rings is 1. The second-order valence-electron chi connectivity index (χ2n) is 9.03. The predicted molar refractivity (Wildman–Crippen MR) is 122 cm³/mol. The maximum Gasteiger partial charge on any atom is 0.234 e. The standard InChI is InChI=1S/C25H31N5O/c31-24(26-20-25(10-6-11-25)21-7-2-1-3-8-21)19-29-15-13-28(14-16-29)17-22-18-30-12-5-4-9-23(30)27-22/h1-5,7-9,12,18H,6,10-11,13-17,19-20H2,(H,26,31). The molecule has 1 amide bonds. The lowest BCUT2D eigenvalue weighted by Gasteiger charge is -2.43. The molecule has 1 aromatic carbocycles. The van der Waals surface area contributed by atoms with Gasteiger partial charge in [-0.3, -0.25) is 14.6 Å². The van der Waals surface area contributed by atoms with E-state index in [0.717, 1.165) is 50.6 Å². The minimum atomic E-state index is 0.143. The Bertz CT molecular complexity index is 986. The fourth-order valence-corrected chi connectivity index (χ4v) is 4.89. The molecule has 1 aliphatic heterocycles. The molecule has 6 nitrogen and oxygen atoms in total. The number of pyridine rings is 1. The molecule has 0 unspecified atom stereocenters. The van der Waals surface area contributed by atoms with Crippen LogP contribution in [0.25, 0.3) is 5.65 Å². The van der Waals surface area contributed by atoms with Gasteiger partial charge in [0.2, 0.25) is 5.91 Å². The number of imidazole rings is 1. The number of nitrogens with one attached hydrogen (secondary N) is 1. The summed E-state index contributed by atoms with van der Waals surface area (Å²) in [6, 6.07) is 16.7. The van der Waals surface area contributed by atoms with E-state index in [1.807, 2.05) is 24.4 Å². The SMILES string of the molecule is O=C(CN1CCN(Cc2cn3ccccc3n2)CC1)NCC1(c2ccccc2)CCC1. The molecule has 2 aromatic heterocycles. The van der Waals surface area contributed by atoms with Gasteiger partial charge in [-0.2, -0.15) is 0 Å². The van der Waals surface area contributed by atoms with Crippen LogP contribution in [0.3, 0.4) is 0 Å². The third kappa shape index (κ3) is 4.50. The van der Waals surface area contributed by atoms with Crippen molar-refractivity contribution in [1.29, 1.82) is 0 Å². The lowest BCUT2D eigenvalue weighted by atomic mass is 9.64. The van der Waals surface area contributed by atoms with Gasteiger partial charge < -0.3 is 9.72 Å². The number of fused-ring (bicyclic) bond motifs is 1. The van der Waals surface area contributed by atoms with E-state index in [2.05, 4.69) is 56.0 Å². The highest BCUT2D eigenvalue weighted by molar-refractivity contribution is 5.78. The molecule has 3 aromatic rings. The zero-order valence-electron chi connectivity index (χ0n) is 18.0. The fourth-order valence-electron chi connectivity index (χ4n) is 4.89. The van der Waals surface area contributed by atoms with Crippen molar-refractivity contribution >= 4 is 11.6 Å². The molecule has 31 heavy (non-hydrogen) atoms. The van der Waals surface area contributed by atoms with Gasteiger partial charge in [0.05, 0.1) is 12.2 Å². The Morgan fingerprint density at radius 1 is 0.968 bits per heavy atom. The molecule has 0 atom stereocenters. The van der Waals surface area contributed by atoms with Crippen LogP contribution in [0.2, 0.25) is 0 Å². The summed E-state index contributed by atoms with van der Waals surface area (Å²) in [4.78, 5) is 22.0. The molecule has 2 fully saturated rings. The van der Waals surface area contributed by atoms with Crippen LogP contribution in [0.5, 0.6) is 0 Å². The van der Waals surface area contributed by atoms with Crippen molar-refractivity contribution in [2.24, 2.45) is 0 Å².